The van der Waals surface area contributed by atoms with Crippen LogP contribution >= 0.6 is 11.6 Å². The predicted octanol–water partition coefficient (Wildman–Crippen LogP) is 4.03. The van der Waals surface area contributed by atoms with Crippen LogP contribution in [0.1, 0.15) is 37.8 Å². The van der Waals surface area contributed by atoms with Crippen LogP contribution in [0.4, 0.5) is 0 Å². The molecule has 0 saturated carbocycles. The van der Waals surface area contributed by atoms with E-state index in [9.17, 15) is 0 Å². The van der Waals surface area contributed by atoms with E-state index in [2.05, 4.69) is 26.8 Å². The minimum Gasteiger partial charge on any atom is -0.0840 e. The van der Waals surface area contributed by atoms with Crippen molar-refractivity contribution in [3.63, 3.8) is 0 Å². The Morgan fingerprint density at radius 2 is 2.00 bits per heavy atom. The van der Waals surface area contributed by atoms with Crippen LogP contribution in [0.3, 0.4) is 0 Å². The second-order valence-electron chi connectivity index (χ2n) is 3.32. The van der Waals surface area contributed by atoms with E-state index in [4.69, 9.17) is 11.6 Å². The smallest absolute Gasteiger partial charge is 0.0443 e. The lowest BCUT2D eigenvalue weighted by Gasteiger charge is -2.12. The van der Waals surface area contributed by atoms with Crippen LogP contribution in [0.5, 0.6) is 0 Å². The summed E-state index contributed by atoms with van der Waals surface area (Å²) in [5.41, 5.74) is 2.68. The molecular formula is C11H15Cl. The van der Waals surface area contributed by atoms with Crippen LogP contribution < -0.4 is 0 Å². The molecule has 1 heteroatoms. The van der Waals surface area contributed by atoms with E-state index in [-0.39, 0.29) is 0 Å². The fraction of sp³-hybridized carbons (Fsp3) is 0.455. The van der Waals surface area contributed by atoms with E-state index in [1.54, 1.807) is 0 Å². The Balaban J connectivity index is 3.20. The monoisotopic (exact) mass is 182 g/mol. The largest absolute Gasteiger partial charge is 0.0840 e. The molecule has 12 heavy (non-hydrogen) atoms. The zero-order valence-corrected chi connectivity index (χ0v) is 8.65. The Kier molecular flexibility index (Phi) is 3.16. The highest BCUT2D eigenvalue weighted by atomic mass is 35.5. The van der Waals surface area contributed by atoms with Gasteiger partial charge in [0.25, 0.3) is 0 Å². The molecule has 0 bridgehead atoms. The minimum absolute atomic E-state index is 0.522. The molecule has 66 valence electrons. The molecule has 0 aromatic heterocycles. The van der Waals surface area contributed by atoms with Crippen molar-refractivity contribution in [3.8, 4) is 0 Å². The van der Waals surface area contributed by atoms with Crippen molar-refractivity contribution < 1.29 is 0 Å². The first-order chi connectivity index (χ1) is 5.66. The maximum Gasteiger partial charge on any atom is 0.0443 e. The summed E-state index contributed by atoms with van der Waals surface area (Å²) in [6.07, 6.45) is 1.06. The van der Waals surface area contributed by atoms with Gasteiger partial charge in [0.2, 0.25) is 0 Å². The Morgan fingerprint density at radius 3 is 2.42 bits per heavy atom. The third-order valence-electron chi connectivity index (χ3n) is 2.10. The van der Waals surface area contributed by atoms with Gasteiger partial charge in [-0.1, -0.05) is 44.5 Å². The lowest BCUT2D eigenvalue weighted by molar-refractivity contribution is 0.845. The van der Waals surface area contributed by atoms with E-state index >= 15 is 0 Å². The SMILES string of the molecule is CCc1cccc(Cl)c1C(C)C. The highest BCUT2D eigenvalue weighted by Gasteiger charge is 2.08. The van der Waals surface area contributed by atoms with Crippen LogP contribution in [0, 0.1) is 0 Å². The number of benzene rings is 1. The Morgan fingerprint density at radius 1 is 1.33 bits per heavy atom. The number of aryl methyl sites for hydroxylation is 1. The van der Waals surface area contributed by atoms with Gasteiger partial charge >= 0.3 is 0 Å². The Hall–Kier alpha value is -0.490. The molecule has 0 unspecified atom stereocenters. The third-order valence-corrected chi connectivity index (χ3v) is 2.43. The van der Waals surface area contributed by atoms with Gasteiger partial charge in [-0.05, 0) is 29.5 Å². The normalized spacial score (nSPS) is 10.8. The molecule has 0 nitrogen and oxygen atoms in total. The molecule has 1 aromatic rings. The maximum atomic E-state index is 6.10. The van der Waals surface area contributed by atoms with Crippen LogP contribution in [0.2, 0.25) is 5.02 Å². The van der Waals surface area contributed by atoms with Crippen molar-refractivity contribution in [1.82, 2.24) is 0 Å². The van der Waals surface area contributed by atoms with Crippen molar-refractivity contribution in [2.24, 2.45) is 0 Å². The van der Waals surface area contributed by atoms with E-state index in [0.717, 1.165) is 11.4 Å². The molecule has 1 rings (SSSR count). The zero-order chi connectivity index (χ0) is 9.14. The van der Waals surface area contributed by atoms with Gasteiger partial charge in [0.1, 0.15) is 0 Å². The van der Waals surface area contributed by atoms with Crippen molar-refractivity contribution in [2.45, 2.75) is 33.1 Å². The van der Waals surface area contributed by atoms with Crippen molar-refractivity contribution in [1.29, 1.82) is 0 Å². The van der Waals surface area contributed by atoms with Gasteiger partial charge in [0.05, 0.1) is 0 Å². The number of rotatable bonds is 2. The summed E-state index contributed by atoms with van der Waals surface area (Å²) in [5, 5.41) is 0.907. The molecular weight excluding hydrogens is 168 g/mol. The van der Waals surface area contributed by atoms with Gasteiger partial charge in [-0.15, -0.1) is 0 Å². The second-order valence-corrected chi connectivity index (χ2v) is 3.73. The van der Waals surface area contributed by atoms with Crippen molar-refractivity contribution in [3.05, 3.63) is 34.3 Å². The van der Waals surface area contributed by atoms with Crippen molar-refractivity contribution in [2.75, 3.05) is 0 Å². The quantitative estimate of drug-likeness (QED) is 0.648. The van der Waals surface area contributed by atoms with E-state index in [1.165, 1.54) is 11.1 Å². The van der Waals surface area contributed by atoms with Crippen molar-refractivity contribution >= 4 is 11.6 Å². The highest BCUT2D eigenvalue weighted by molar-refractivity contribution is 6.31. The number of hydrogen-bond acceptors (Lipinski definition) is 0. The fourth-order valence-electron chi connectivity index (χ4n) is 1.54. The topological polar surface area (TPSA) is 0 Å². The van der Waals surface area contributed by atoms with Crippen LogP contribution in [0.15, 0.2) is 18.2 Å². The number of halogens is 1. The first-order valence-corrected chi connectivity index (χ1v) is 4.81. The minimum atomic E-state index is 0.522. The maximum absolute atomic E-state index is 6.10. The number of hydrogen-bond donors (Lipinski definition) is 0. The van der Waals surface area contributed by atoms with Crippen LogP contribution in [0.25, 0.3) is 0 Å². The molecule has 0 aliphatic carbocycles. The molecule has 0 atom stereocenters. The van der Waals surface area contributed by atoms with Crippen LogP contribution in [-0.4, -0.2) is 0 Å². The van der Waals surface area contributed by atoms with E-state index in [0.29, 0.717) is 5.92 Å². The van der Waals surface area contributed by atoms with E-state index in [1.807, 2.05) is 12.1 Å². The molecule has 0 aliphatic heterocycles. The molecule has 0 saturated heterocycles. The molecule has 0 heterocycles. The van der Waals surface area contributed by atoms with Gasteiger partial charge in [-0.2, -0.15) is 0 Å². The van der Waals surface area contributed by atoms with Gasteiger partial charge in [-0.3, -0.25) is 0 Å². The van der Waals surface area contributed by atoms with Gasteiger partial charge in [-0.25, -0.2) is 0 Å². The van der Waals surface area contributed by atoms with Gasteiger partial charge < -0.3 is 0 Å². The molecule has 0 radical (unpaired) electrons. The first-order valence-electron chi connectivity index (χ1n) is 4.44. The molecule has 0 amide bonds. The summed E-state index contributed by atoms with van der Waals surface area (Å²) < 4.78 is 0. The lowest BCUT2D eigenvalue weighted by atomic mass is 9.96. The zero-order valence-electron chi connectivity index (χ0n) is 7.89. The molecule has 1 aromatic carbocycles. The molecule has 0 spiro atoms. The average Bonchev–Trinajstić information content (AvgIpc) is 2.03. The summed E-state index contributed by atoms with van der Waals surface area (Å²) in [6, 6.07) is 6.14. The Bertz CT molecular complexity index is 264. The standard InChI is InChI=1S/C11H15Cl/c1-4-9-6-5-7-10(12)11(9)8(2)3/h5-8H,4H2,1-3H3. The molecule has 0 N–H and O–H groups in total. The molecule has 0 fully saturated rings. The fourth-order valence-corrected chi connectivity index (χ4v) is 1.95. The van der Waals surface area contributed by atoms with Gasteiger partial charge in [0, 0.05) is 5.02 Å². The summed E-state index contributed by atoms with van der Waals surface area (Å²) >= 11 is 6.10. The Labute approximate surface area is 79.6 Å². The summed E-state index contributed by atoms with van der Waals surface area (Å²) in [6.45, 7) is 6.53. The second kappa shape index (κ2) is 3.95. The van der Waals surface area contributed by atoms with Crippen LogP contribution in [-0.2, 0) is 6.42 Å². The van der Waals surface area contributed by atoms with E-state index < -0.39 is 0 Å². The predicted molar refractivity (Wildman–Crippen MR) is 54.9 cm³/mol. The summed E-state index contributed by atoms with van der Waals surface area (Å²) in [7, 11) is 0. The summed E-state index contributed by atoms with van der Waals surface area (Å²) in [4.78, 5) is 0. The highest BCUT2D eigenvalue weighted by Crippen LogP contribution is 2.27. The van der Waals surface area contributed by atoms with Gasteiger partial charge in [0.15, 0.2) is 0 Å². The average molecular weight is 183 g/mol. The first kappa shape index (κ1) is 9.60. The molecule has 0 aliphatic rings. The third kappa shape index (κ3) is 1.81. The lowest BCUT2D eigenvalue weighted by Crippen LogP contribution is -1.95. The summed E-state index contributed by atoms with van der Waals surface area (Å²) in [5.74, 6) is 0.522.